The van der Waals surface area contributed by atoms with Crippen LogP contribution in [0.1, 0.15) is 31.4 Å². The third-order valence-corrected chi connectivity index (χ3v) is 3.72. The smallest absolute Gasteiger partial charge is 0.0936 e. The summed E-state index contributed by atoms with van der Waals surface area (Å²) in [5.41, 5.74) is 7.37. The number of anilines is 1. The van der Waals surface area contributed by atoms with Gasteiger partial charge in [-0.25, -0.2) is 0 Å². The van der Waals surface area contributed by atoms with E-state index in [9.17, 15) is 5.11 Å². The number of para-hydroxylation sites is 1. The van der Waals surface area contributed by atoms with E-state index in [-0.39, 0.29) is 0 Å². The van der Waals surface area contributed by atoms with Gasteiger partial charge in [0, 0.05) is 30.9 Å². The second-order valence-corrected chi connectivity index (χ2v) is 5.13. The van der Waals surface area contributed by atoms with Gasteiger partial charge in [0.05, 0.1) is 12.2 Å². The lowest BCUT2D eigenvalue weighted by molar-refractivity contribution is 0.0518. The fourth-order valence-electron chi connectivity index (χ4n) is 2.57. The first kappa shape index (κ1) is 14.3. The molecular weight excluding hydrogens is 240 g/mol. The molecule has 0 amide bonds. The summed E-state index contributed by atoms with van der Waals surface area (Å²) in [5, 5.41) is 10.3. The highest BCUT2D eigenvalue weighted by atomic mass is 16.5. The van der Waals surface area contributed by atoms with Crippen LogP contribution in [-0.4, -0.2) is 42.4 Å². The average molecular weight is 264 g/mol. The zero-order valence-electron chi connectivity index (χ0n) is 11.6. The van der Waals surface area contributed by atoms with E-state index in [0.717, 1.165) is 38.1 Å². The Hall–Kier alpha value is -1.10. The minimum absolute atomic E-state index is 0.320. The van der Waals surface area contributed by atoms with Gasteiger partial charge >= 0.3 is 0 Å². The van der Waals surface area contributed by atoms with Crippen LogP contribution in [0, 0.1) is 0 Å². The summed E-state index contributed by atoms with van der Waals surface area (Å²) in [4.78, 5) is 2.23. The van der Waals surface area contributed by atoms with Crippen molar-refractivity contribution < 1.29 is 9.84 Å². The molecule has 4 heteroatoms. The molecule has 0 aromatic heterocycles. The molecule has 2 unspecified atom stereocenters. The van der Waals surface area contributed by atoms with Gasteiger partial charge in [-0.05, 0) is 25.5 Å². The minimum atomic E-state index is -0.539. The van der Waals surface area contributed by atoms with Crippen molar-refractivity contribution in [3.8, 4) is 0 Å². The Morgan fingerprint density at radius 1 is 1.47 bits per heavy atom. The maximum absolute atomic E-state index is 10.3. The molecule has 1 aliphatic heterocycles. The largest absolute Gasteiger partial charge is 0.398 e. The van der Waals surface area contributed by atoms with Gasteiger partial charge in [-0.15, -0.1) is 0 Å². The van der Waals surface area contributed by atoms with Gasteiger partial charge in [0.25, 0.3) is 0 Å². The molecule has 1 saturated heterocycles. The molecule has 106 valence electrons. The Balaban J connectivity index is 1.92. The highest BCUT2D eigenvalue weighted by Gasteiger charge is 2.21. The summed E-state index contributed by atoms with van der Waals surface area (Å²) < 4.78 is 5.65. The van der Waals surface area contributed by atoms with E-state index in [2.05, 4.69) is 11.8 Å². The zero-order chi connectivity index (χ0) is 13.7. The highest BCUT2D eigenvalue weighted by molar-refractivity contribution is 5.47. The summed E-state index contributed by atoms with van der Waals surface area (Å²) in [6, 6.07) is 7.51. The van der Waals surface area contributed by atoms with Crippen LogP contribution in [0.5, 0.6) is 0 Å². The maximum Gasteiger partial charge on any atom is 0.0936 e. The molecular formula is C15H24N2O2. The summed E-state index contributed by atoms with van der Waals surface area (Å²) in [5.74, 6) is 0. The Bertz CT molecular complexity index is 391. The second kappa shape index (κ2) is 6.89. The summed E-state index contributed by atoms with van der Waals surface area (Å²) in [7, 11) is 0. The van der Waals surface area contributed by atoms with Gasteiger partial charge in [0.2, 0.25) is 0 Å². The molecule has 0 spiro atoms. The van der Waals surface area contributed by atoms with Crippen molar-refractivity contribution in [3.05, 3.63) is 29.8 Å². The van der Waals surface area contributed by atoms with Crippen LogP contribution in [0.25, 0.3) is 0 Å². The molecule has 1 heterocycles. The monoisotopic (exact) mass is 264 g/mol. The molecule has 19 heavy (non-hydrogen) atoms. The number of nitrogens with two attached hydrogens (primary N) is 1. The molecule has 0 radical (unpaired) electrons. The van der Waals surface area contributed by atoms with E-state index in [1.165, 1.54) is 0 Å². The van der Waals surface area contributed by atoms with Crippen molar-refractivity contribution in [2.75, 3.05) is 32.0 Å². The summed E-state index contributed by atoms with van der Waals surface area (Å²) in [6.45, 7) is 5.38. The minimum Gasteiger partial charge on any atom is -0.398 e. The zero-order valence-corrected chi connectivity index (χ0v) is 11.6. The van der Waals surface area contributed by atoms with Crippen molar-refractivity contribution in [3.63, 3.8) is 0 Å². The fourth-order valence-corrected chi connectivity index (χ4v) is 2.57. The van der Waals surface area contributed by atoms with Crippen LogP contribution in [0.4, 0.5) is 5.69 Å². The number of hydrogen-bond donors (Lipinski definition) is 2. The number of ether oxygens (including phenoxy) is 1. The Morgan fingerprint density at radius 3 is 2.89 bits per heavy atom. The predicted molar refractivity (Wildman–Crippen MR) is 76.9 cm³/mol. The number of nitrogens with zero attached hydrogens (tertiary/aromatic N) is 1. The van der Waals surface area contributed by atoms with Crippen LogP contribution in [0.15, 0.2) is 24.3 Å². The number of benzene rings is 1. The number of hydrogen-bond acceptors (Lipinski definition) is 4. The van der Waals surface area contributed by atoms with Crippen molar-refractivity contribution in [1.29, 1.82) is 0 Å². The van der Waals surface area contributed by atoms with E-state index in [4.69, 9.17) is 10.5 Å². The molecule has 1 fully saturated rings. The lowest BCUT2D eigenvalue weighted by atomic mass is 10.1. The summed E-state index contributed by atoms with van der Waals surface area (Å²) in [6.07, 6.45) is 2.05. The van der Waals surface area contributed by atoms with Crippen molar-refractivity contribution in [2.45, 2.75) is 32.0 Å². The van der Waals surface area contributed by atoms with Crippen molar-refractivity contribution >= 4 is 5.69 Å². The van der Waals surface area contributed by atoms with Gasteiger partial charge in [-0.2, -0.15) is 0 Å². The first-order valence-corrected chi connectivity index (χ1v) is 7.07. The quantitative estimate of drug-likeness (QED) is 0.769. The van der Waals surface area contributed by atoms with E-state index in [1.807, 2.05) is 24.3 Å². The summed E-state index contributed by atoms with van der Waals surface area (Å²) >= 11 is 0. The lowest BCUT2D eigenvalue weighted by Gasteiger charge is -2.26. The van der Waals surface area contributed by atoms with Gasteiger partial charge < -0.3 is 15.6 Å². The molecule has 2 atom stereocenters. The van der Waals surface area contributed by atoms with Crippen LogP contribution >= 0.6 is 0 Å². The van der Waals surface area contributed by atoms with Crippen LogP contribution < -0.4 is 5.73 Å². The Kier molecular flexibility index (Phi) is 5.19. The first-order chi connectivity index (χ1) is 9.20. The van der Waals surface area contributed by atoms with Crippen LogP contribution in [0.3, 0.4) is 0 Å². The Labute approximate surface area is 115 Å². The molecule has 3 N–H and O–H groups in total. The number of aliphatic hydroxyl groups is 1. The van der Waals surface area contributed by atoms with Crippen LogP contribution in [-0.2, 0) is 4.74 Å². The fraction of sp³-hybridized carbons (Fsp3) is 0.600. The predicted octanol–water partition coefficient (Wildman–Crippen LogP) is 1.80. The molecule has 2 rings (SSSR count). The third kappa shape index (κ3) is 3.93. The maximum atomic E-state index is 10.3. The molecule has 0 saturated carbocycles. The standard InChI is InChI=1S/C15H24N2O2/c1-2-17(10-12-6-5-9-19-12)11-15(18)13-7-3-4-8-14(13)16/h3-4,7-8,12,15,18H,2,5-6,9-11,16H2,1H3. The molecule has 4 nitrogen and oxygen atoms in total. The van der Waals surface area contributed by atoms with Crippen molar-refractivity contribution in [2.24, 2.45) is 0 Å². The van der Waals surface area contributed by atoms with Crippen LogP contribution in [0.2, 0.25) is 0 Å². The molecule has 1 aliphatic rings. The van der Waals surface area contributed by atoms with Gasteiger partial charge in [0.15, 0.2) is 0 Å². The molecule has 0 aliphatic carbocycles. The number of likely N-dealkylation sites (N-methyl/N-ethyl adjacent to an activating group) is 1. The number of rotatable bonds is 6. The lowest BCUT2D eigenvalue weighted by Crippen LogP contribution is -2.35. The van der Waals surface area contributed by atoms with E-state index >= 15 is 0 Å². The second-order valence-electron chi connectivity index (χ2n) is 5.13. The van der Waals surface area contributed by atoms with Gasteiger partial charge in [0.1, 0.15) is 0 Å². The SMILES string of the molecule is CCN(CC1CCCO1)CC(O)c1ccccc1N. The van der Waals surface area contributed by atoms with E-state index < -0.39 is 6.10 Å². The number of aliphatic hydroxyl groups excluding tert-OH is 1. The third-order valence-electron chi connectivity index (χ3n) is 3.72. The molecule has 0 bridgehead atoms. The normalized spacial score (nSPS) is 20.9. The van der Waals surface area contributed by atoms with E-state index in [0.29, 0.717) is 18.3 Å². The number of nitrogen functional groups attached to an aromatic ring is 1. The average Bonchev–Trinajstić information content (AvgIpc) is 2.91. The van der Waals surface area contributed by atoms with Gasteiger partial charge in [-0.3, -0.25) is 4.90 Å². The highest BCUT2D eigenvalue weighted by Crippen LogP contribution is 2.21. The molecule has 1 aromatic rings. The topological polar surface area (TPSA) is 58.7 Å². The van der Waals surface area contributed by atoms with E-state index in [1.54, 1.807) is 0 Å². The Morgan fingerprint density at radius 2 is 2.26 bits per heavy atom. The molecule has 1 aromatic carbocycles. The van der Waals surface area contributed by atoms with Crippen molar-refractivity contribution in [1.82, 2.24) is 4.90 Å². The van der Waals surface area contributed by atoms with Gasteiger partial charge in [-0.1, -0.05) is 25.1 Å². The first-order valence-electron chi connectivity index (χ1n) is 7.07.